The third-order valence-electron chi connectivity index (χ3n) is 4.90. The molecule has 30 heavy (non-hydrogen) atoms. The maximum atomic E-state index is 12.6. The number of carbonyl (C=O) groups excluding carboxylic acids is 2. The van der Waals surface area contributed by atoms with Crippen molar-refractivity contribution in [3.05, 3.63) is 51.9 Å². The number of pyridine rings is 1. The molecule has 0 bridgehead atoms. The van der Waals surface area contributed by atoms with Gasteiger partial charge >= 0.3 is 5.97 Å². The largest absolute Gasteiger partial charge is 0.465 e. The maximum Gasteiger partial charge on any atom is 0.341 e. The average Bonchev–Trinajstić information content (AvgIpc) is 3.28. The van der Waals surface area contributed by atoms with Crippen molar-refractivity contribution in [2.45, 2.75) is 25.9 Å². The first kappa shape index (κ1) is 20.4. The van der Waals surface area contributed by atoms with Crippen LogP contribution in [0, 0.1) is 20.8 Å². The third kappa shape index (κ3) is 3.54. The Bertz CT molecular complexity index is 1290. The lowest BCUT2D eigenvalue weighted by Gasteiger charge is -2.07. The molecule has 0 saturated carbocycles. The molecule has 0 fully saturated rings. The fraction of sp³-hybridized carbons (Fsp3) is 0.238. The summed E-state index contributed by atoms with van der Waals surface area (Å²) in [5.74, 6) is -0.537. The predicted octanol–water partition coefficient (Wildman–Crippen LogP) is 4.39. The van der Waals surface area contributed by atoms with E-state index in [9.17, 15) is 9.59 Å². The molecule has 1 aromatic carbocycles. The lowest BCUT2D eigenvalue weighted by molar-refractivity contribution is -0.113. The van der Waals surface area contributed by atoms with Gasteiger partial charge in [-0.1, -0.05) is 30.0 Å². The quantitative estimate of drug-likeness (QED) is 0.366. The fourth-order valence-electron chi connectivity index (χ4n) is 3.30. The number of thioether (sulfide) groups is 1. The van der Waals surface area contributed by atoms with Gasteiger partial charge in [0.15, 0.2) is 10.8 Å². The number of thiophene rings is 1. The molecule has 0 spiro atoms. The third-order valence-corrected chi connectivity index (χ3v) is 6.95. The van der Waals surface area contributed by atoms with Gasteiger partial charge in [0, 0.05) is 4.88 Å². The number of hydrogen-bond donors (Lipinski definition) is 1. The number of fused-ring (bicyclic) bond motifs is 3. The fourth-order valence-corrected chi connectivity index (χ4v) is 5.11. The maximum absolute atomic E-state index is 12.6. The number of anilines is 1. The van der Waals surface area contributed by atoms with Crippen LogP contribution >= 0.6 is 23.1 Å². The minimum Gasteiger partial charge on any atom is -0.465 e. The molecule has 0 radical (unpaired) electrons. The van der Waals surface area contributed by atoms with Crippen LogP contribution in [-0.4, -0.2) is 39.3 Å². The van der Waals surface area contributed by atoms with Crippen LogP contribution in [0.1, 0.15) is 26.4 Å². The van der Waals surface area contributed by atoms with E-state index in [-0.39, 0.29) is 11.7 Å². The number of rotatable bonds is 5. The van der Waals surface area contributed by atoms with Crippen molar-refractivity contribution in [1.82, 2.24) is 14.6 Å². The van der Waals surface area contributed by atoms with Crippen LogP contribution in [-0.2, 0) is 9.53 Å². The Hall–Kier alpha value is -2.91. The second-order valence-electron chi connectivity index (χ2n) is 6.84. The molecule has 154 valence electrons. The van der Waals surface area contributed by atoms with Crippen molar-refractivity contribution in [3.8, 4) is 0 Å². The van der Waals surface area contributed by atoms with Gasteiger partial charge in [0.2, 0.25) is 5.91 Å². The average molecular weight is 441 g/mol. The highest BCUT2D eigenvalue weighted by atomic mass is 32.2. The number of methoxy groups -OCH3 is 1. The normalized spacial score (nSPS) is 11.2. The summed E-state index contributed by atoms with van der Waals surface area (Å²) < 4.78 is 6.84. The zero-order valence-electron chi connectivity index (χ0n) is 17.0. The van der Waals surface area contributed by atoms with Crippen molar-refractivity contribution >= 4 is 56.5 Å². The Balaban J connectivity index is 1.58. The molecule has 1 N–H and O–H groups in total. The molecule has 0 atom stereocenters. The first-order valence-electron chi connectivity index (χ1n) is 9.25. The minimum absolute atomic E-state index is 0.139. The summed E-state index contributed by atoms with van der Waals surface area (Å²) in [6.45, 7) is 5.75. The molecule has 0 aliphatic rings. The van der Waals surface area contributed by atoms with Crippen molar-refractivity contribution in [2.75, 3.05) is 18.2 Å². The van der Waals surface area contributed by atoms with Crippen LogP contribution in [0.15, 0.2) is 35.5 Å². The SMILES string of the molecule is COC(=O)c1c(NC(=O)CSc2nnc3c(C)cc4ccccc4n23)sc(C)c1C. The number of aromatic nitrogens is 3. The van der Waals surface area contributed by atoms with Crippen LogP contribution in [0.4, 0.5) is 5.00 Å². The van der Waals surface area contributed by atoms with Crippen molar-refractivity contribution in [2.24, 2.45) is 0 Å². The summed E-state index contributed by atoms with van der Waals surface area (Å²) in [7, 11) is 1.33. The van der Waals surface area contributed by atoms with E-state index >= 15 is 0 Å². The van der Waals surface area contributed by atoms with Gasteiger partial charge in [0.05, 0.1) is 23.9 Å². The van der Waals surface area contributed by atoms with E-state index in [4.69, 9.17) is 4.74 Å². The van der Waals surface area contributed by atoms with E-state index in [1.165, 1.54) is 30.2 Å². The zero-order chi connectivity index (χ0) is 21.4. The van der Waals surface area contributed by atoms with Gasteiger partial charge in [-0.25, -0.2) is 4.79 Å². The first-order valence-corrected chi connectivity index (χ1v) is 11.1. The van der Waals surface area contributed by atoms with Crippen molar-refractivity contribution in [3.63, 3.8) is 0 Å². The summed E-state index contributed by atoms with van der Waals surface area (Å²) in [5.41, 5.74) is 4.01. The number of amides is 1. The number of esters is 1. The Kier molecular flexibility index (Phi) is 5.48. The van der Waals surface area contributed by atoms with Crippen LogP contribution in [0.25, 0.3) is 16.6 Å². The molecule has 0 aliphatic heterocycles. The van der Waals surface area contributed by atoms with Crippen molar-refractivity contribution < 1.29 is 14.3 Å². The molecule has 1 amide bonds. The topological polar surface area (TPSA) is 85.6 Å². The first-order chi connectivity index (χ1) is 14.4. The summed E-state index contributed by atoms with van der Waals surface area (Å²) in [4.78, 5) is 25.7. The van der Waals surface area contributed by atoms with E-state index in [1.54, 1.807) is 0 Å². The standard InChI is InChI=1S/C21H20N4O3S2/c1-11-9-14-7-5-6-8-15(14)25-18(11)23-24-21(25)29-10-16(26)22-19-17(20(27)28-4)12(2)13(3)30-19/h5-9H,10H2,1-4H3,(H,22,26). The monoisotopic (exact) mass is 440 g/mol. The number of nitrogens with one attached hydrogen (secondary N) is 1. The number of carbonyl (C=O) groups is 2. The zero-order valence-corrected chi connectivity index (χ0v) is 18.6. The van der Waals surface area contributed by atoms with Gasteiger partial charge in [0.1, 0.15) is 5.00 Å². The second-order valence-corrected chi connectivity index (χ2v) is 9.01. The van der Waals surface area contributed by atoms with Gasteiger partial charge in [-0.05, 0) is 49.4 Å². The van der Waals surface area contributed by atoms with Gasteiger partial charge in [-0.15, -0.1) is 21.5 Å². The lowest BCUT2D eigenvalue weighted by atomic mass is 10.1. The van der Waals surface area contributed by atoms with E-state index in [2.05, 4.69) is 21.6 Å². The molecule has 0 unspecified atom stereocenters. The molecule has 4 aromatic rings. The van der Waals surface area contributed by atoms with Crippen LogP contribution in [0.2, 0.25) is 0 Å². The highest BCUT2D eigenvalue weighted by Gasteiger charge is 2.22. The predicted molar refractivity (Wildman–Crippen MR) is 120 cm³/mol. The Labute approximate surface area is 181 Å². The molecule has 3 heterocycles. The van der Waals surface area contributed by atoms with E-state index in [0.29, 0.717) is 15.7 Å². The van der Waals surface area contributed by atoms with Crippen LogP contribution in [0.3, 0.4) is 0 Å². The Morgan fingerprint density at radius 2 is 1.97 bits per heavy atom. The molecule has 7 nitrogen and oxygen atoms in total. The highest BCUT2D eigenvalue weighted by molar-refractivity contribution is 7.99. The van der Waals surface area contributed by atoms with Crippen LogP contribution < -0.4 is 5.32 Å². The Morgan fingerprint density at radius 3 is 2.73 bits per heavy atom. The Morgan fingerprint density at radius 1 is 1.20 bits per heavy atom. The molecular formula is C21H20N4O3S2. The number of hydrogen-bond acceptors (Lipinski definition) is 7. The van der Waals surface area contributed by atoms with Crippen LogP contribution in [0.5, 0.6) is 0 Å². The summed E-state index contributed by atoms with van der Waals surface area (Å²) >= 11 is 2.67. The van der Waals surface area contributed by atoms with Gasteiger partial charge in [-0.3, -0.25) is 9.20 Å². The summed E-state index contributed by atoms with van der Waals surface area (Å²) in [6.07, 6.45) is 0. The van der Waals surface area contributed by atoms with Gasteiger partial charge in [-0.2, -0.15) is 0 Å². The molecule has 9 heteroatoms. The lowest BCUT2D eigenvalue weighted by Crippen LogP contribution is -2.16. The number of ether oxygens (including phenoxy) is 1. The smallest absolute Gasteiger partial charge is 0.341 e. The van der Waals surface area contributed by atoms with E-state index < -0.39 is 5.97 Å². The molecule has 3 aromatic heterocycles. The number of nitrogens with zero attached hydrogens (tertiary/aromatic N) is 3. The summed E-state index contributed by atoms with van der Waals surface area (Å²) in [5, 5.41) is 13.7. The van der Waals surface area contributed by atoms with Crippen molar-refractivity contribution in [1.29, 1.82) is 0 Å². The van der Waals surface area contributed by atoms with Gasteiger partial charge < -0.3 is 10.1 Å². The summed E-state index contributed by atoms with van der Waals surface area (Å²) in [6, 6.07) is 10.1. The molecular weight excluding hydrogens is 420 g/mol. The second kappa shape index (κ2) is 8.08. The number of para-hydroxylation sites is 1. The van der Waals surface area contributed by atoms with E-state index in [0.717, 1.165) is 32.6 Å². The highest BCUT2D eigenvalue weighted by Crippen LogP contribution is 2.33. The molecule has 0 saturated heterocycles. The number of benzene rings is 1. The minimum atomic E-state index is -0.454. The number of aryl methyl sites for hydroxylation is 2. The van der Waals surface area contributed by atoms with E-state index in [1.807, 2.05) is 49.4 Å². The van der Waals surface area contributed by atoms with Gasteiger partial charge in [0.25, 0.3) is 0 Å². The molecule has 0 aliphatic carbocycles. The molecule has 4 rings (SSSR count).